The number of nitrogens with zero attached hydrogens (tertiary/aromatic N) is 3. The predicted molar refractivity (Wildman–Crippen MR) is 185 cm³/mol. The van der Waals surface area contributed by atoms with E-state index in [1.807, 2.05) is 49.4 Å². The first-order valence-corrected chi connectivity index (χ1v) is 16.2. The second-order valence-corrected chi connectivity index (χ2v) is 13.1. The number of unbranched alkanes of at least 4 members (excludes halogenated alkanes) is 1. The van der Waals surface area contributed by atoms with Crippen molar-refractivity contribution in [1.82, 2.24) is 10.2 Å². The Morgan fingerprint density at radius 2 is 1.60 bits per heavy atom. The molecule has 1 heterocycles. The van der Waals surface area contributed by atoms with Gasteiger partial charge in [-0.15, -0.1) is 0 Å². The number of amides is 4. The number of methoxy groups -OCH3 is 1. The van der Waals surface area contributed by atoms with Crippen molar-refractivity contribution in [2.75, 3.05) is 30.5 Å². The molecule has 0 fully saturated rings. The minimum absolute atomic E-state index is 0.120. The number of anilines is 2. The number of benzene rings is 3. The van der Waals surface area contributed by atoms with Crippen LogP contribution in [0.25, 0.3) is 10.8 Å². The van der Waals surface area contributed by atoms with Gasteiger partial charge in [-0.25, -0.2) is 4.79 Å². The Labute approximate surface area is 282 Å². The molecule has 1 N–H and O–H groups in total. The third-order valence-corrected chi connectivity index (χ3v) is 8.49. The molecule has 3 aromatic rings. The zero-order valence-corrected chi connectivity index (χ0v) is 28.9. The van der Waals surface area contributed by atoms with Gasteiger partial charge in [0.2, 0.25) is 11.8 Å². The van der Waals surface area contributed by atoms with E-state index in [4.69, 9.17) is 9.47 Å². The topological polar surface area (TPSA) is 126 Å². The van der Waals surface area contributed by atoms with E-state index < -0.39 is 35.6 Å². The number of hydrogen-bond acceptors (Lipinski definition) is 7. The SMILES string of the molecule is COC(=O)CCCCC(=O)N1CC(NC(=O)C(C)N(C)C(=O)OC(C)(C)C)C(=O)N(Cc2c(C)ccc3ccccc23)c2ccccc21. The number of likely N-dealkylation sites (N-methyl/N-ethyl adjacent to an activating group) is 1. The number of fused-ring (bicyclic) bond motifs is 2. The van der Waals surface area contributed by atoms with E-state index in [9.17, 15) is 24.0 Å². The third-order valence-electron chi connectivity index (χ3n) is 8.49. The van der Waals surface area contributed by atoms with E-state index in [-0.39, 0.29) is 37.8 Å². The molecule has 0 aromatic heterocycles. The van der Waals surface area contributed by atoms with Crippen molar-refractivity contribution in [1.29, 1.82) is 0 Å². The summed E-state index contributed by atoms with van der Waals surface area (Å²) < 4.78 is 10.2. The molecular formula is C37H46N4O7. The van der Waals surface area contributed by atoms with Gasteiger partial charge in [-0.2, -0.15) is 0 Å². The summed E-state index contributed by atoms with van der Waals surface area (Å²) in [5.74, 6) is -1.56. The lowest BCUT2D eigenvalue weighted by Gasteiger charge is -2.30. The zero-order chi connectivity index (χ0) is 35.2. The lowest BCUT2D eigenvalue weighted by molar-refractivity contribution is -0.140. The van der Waals surface area contributed by atoms with Crippen molar-refractivity contribution in [3.63, 3.8) is 0 Å². The molecule has 1 aliphatic heterocycles. The van der Waals surface area contributed by atoms with Gasteiger partial charge in [0.05, 0.1) is 31.6 Å². The summed E-state index contributed by atoms with van der Waals surface area (Å²) in [4.78, 5) is 70.7. The van der Waals surface area contributed by atoms with Crippen LogP contribution in [0.1, 0.15) is 64.5 Å². The predicted octanol–water partition coefficient (Wildman–Crippen LogP) is 5.50. The van der Waals surface area contributed by atoms with Gasteiger partial charge in [-0.1, -0.05) is 48.5 Å². The van der Waals surface area contributed by atoms with Gasteiger partial charge in [0.15, 0.2) is 0 Å². The molecule has 3 aromatic carbocycles. The maximum atomic E-state index is 14.6. The number of rotatable bonds is 10. The summed E-state index contributed by atoms with van der Waals surface area (Å²) in [7, 11) is 2.79. The second-order valence-electron chi connectivity index (χ2n) is 13.1. The van der Waals surface area contributed by atoms with E-state index in [0.29, 0.717) is 24.2 Å². The van der Waals surface area contributed by atoms with Crippen molar-refractivity contribution >= 4 is 51.9 Å². The van der Waals surface area contributed by atoms with Crippen LogP contribution in [-0.2, 0) is 35.2 Å². The highest BCUT2D eigenvalue weighted by molar-refractivity contribution is 6.08. The van der Waals surface area contributed by atoms with Crippen LogP contribution in [0, 0.1) is 6.92 Å². The first-order chi connectivity index (χ1) is 22.7. The fraction of sp³-hybridized carbons (Fsp3) is 0.432. The van der Waals surface area contributed by atoms with E-state index in [1.54, 1.807) is 50.8 Å². The van der Waals surface area contributed by atoms with Crippen molar-refractivity contribution in [3.05, 3.63) is 71.8 Å². The molecule has 11 nitrogen and oxygen atoms in total. The average molecular weight is 659 g/mol. The zero-order valence-electron chi connectivity index (χ0n) is 28.9. The molecule has 48 heavy (non-hydrogen) atoms. The molecular weight excluding hydrogens is 612 g/mol. The highest BCUT2D eigenvalue weighted by Gasteiger charge is 2.38. The molecule has 0 aliphatic carbocycles. The maximum Gasteiger partial charge on any atom is 0.410 e. The largest absolute Gasteiger partial charge is 0.469 e. The van der Waals surface area contributed by atoms with Crippen LogP contribution < -0.4 is 15.1 Å². The number of carbonyl (C=O) groups is 5. The number of esters is 1. The lowest BCUT2D eigenvalue weighted by Crippen LogP contribution is -2.57. The lowest BCUT2D eigenvalue weighted by atomic mass is 9.99. The Hall–Kier alpha value is -4.93. The van der Waals surface area contributed by atoms with Crippen LogP contribution in [0.2, 0.25) is 0 Å². The van der Waals surface area contributed by atoms with Crippen LogP contribution in [0.5, 0.6) is 0 Å². The van der Waals surface area contributed by atoms with Crippen LogP contribution in [-0.4, -0.2) is 73.1 Å². The summed E-state index contributed by atoms with van der Waals surface area (Å²) in [5.41, 5.74) is 2.26. The van der Waals surface area contributed by atoms with Crippen LogP contribution in [0.3, 0.4) is 0 Å². The standard InChI is InChI=1S/C37H46N4O7/c1-24-20-21-26-14-8-9-15-27(26)28(24)22-41-31-17-11-10-16-30(31)40(32(42)18-12-13-19-33(43)47-7)23-29(35(41)45)38-34(44)25(2)39(6)36(46)48-37(3,4)5/h8-11,14-17,20-21,25,29H,12-13,18-19,22-23H2,1-7H3,(H,38,44). The van der Waals surface area contributed by atoms with Gasteiger partial charge in [0, 0.05) is 19.9 Å². The Bertz CT molecular complexity index is 1680. The van der Waals surface area contributed by atoms with Crippen LogP contribution in [0.4, 0.5) is 16.2 Å². The number of nitrogens with one attached hydrogen (secondary N) is 1. The second kappa shape index (κ2) is 15.3. The number of para-hydroxylation sites is 2. The van der Waals surface area contributed by atoms with Gasteiger partial charge in [-0.3, -0.25) is 24.1 Å². The number of aryl methyl sites for hydroxylation is 1. The Morgan fingerprint density at radius 1 is 0.958 bits per heavy atom. The third kappa shape index (κ3) is 8.50. The molecule has 2 atom stereocenters. The minimum atomic E-state index is -1.13. The Balaban J connectivity index is 1.70. The van der Waals surface area contributed by atoms with E-state index in [2.05, 4.69) is 5.32 Å². The van der Waals surface area contributed by atoms with Gasteiger partial charge < -0.3 is 24.6 Å². The van der Waals surface area contributed by atoms with Gasteiger partial charge in [0.25, 0.3) is 5.91 Å². The summed E-state index contributed by atoms with van der Waals surface area (Å²) in [6, 6.07) is 17.1. The van der Waals surface area contributed by atoms with E-state index in [1.165, 1.54) is 24.0 Å². The molecule has 256 valence electrons. The first-order valence-electron chi connectivity index (χ1n) is 16.2. The summed E-state index contributed by atoms with van der Waals surface area (Å²) in [6.07, 6.45) is 0.544. The summed E-state index contributed by atoms with van der Waals surface area (Å²) in [5, 5.41) is 4.88. The smallest absolute Gasteiger partial charge is 0.410 e. The van der Waals surface area contributed by atoms with Crippen LogP contribution >= 0.6 is 0 Å². The molecule has 0 radical (unpaired) electrons. The highest BCUT2D eigenvalue weighted by atomic mass is 16.6. The van der Waals surface area contributed by atoms with Gasteiger partial charge >= 0.3 is 12.1 Å². The Morgan fingerprint density at radius 3 is 2.29 bits per heavy atom. The minimum Gasteiger partial charge on any atom is -0.469 e. The molecule has 4 amide bonds. The van der Waals surface area contributed by atoms with Crippen LogP contribution in [0.15, 0.2) is 60.7 Å². The van der Waals surface area contributed by atoms with Crippen molar-refractivity contribution in [3.8, 4) is 0 Å². The molecule has 1 aliphatic rings. The molecule has 0 spiro atoms. The number of carbonyl (C=O) groups excluding carboxylic acids is 5. The van der Waals surface area contributed by atoms with Crippen molar-refractivity contribution < 1.29 is 33.4 Å². The Kier molecular flexibility index (Phi) is 11.5. The summed E-state index contributed by atoms with van der Waals surface area (Å²) in [6.45, 7) is 8.83. The highest BCUT2D eigenvalue weighted by Crippen LogP contribution is 2.36. The molecule has 0 bridgehead atoms. The normalized spacial score (nSPS) is 15.3. The van der Waals surface area contributed by atoms with Crippen molar-refractivity contribution in [2.45, 2.75) is 84.5 Å². The molecule has 0 saturated carbocycles. The first kappa shape index (κ1) is 35.9. The fourth-order valence-electron chi connectivity index (χ4n) is 5.65. The summed E-state index contributed by atoms with van der Waals surface area (Å²) >= 11 is 0. The maximum absolute atomic E-state index is 14.6. The number of ether oxygens (including phenoxy) is 2. The fourth-order valence-corrected chi connectivity index (χ4v) is 5.65. The molecule has 0 saturated heterocycles. The molecule has 11 heteroatoms. The molecule has 4 rings (SSSR count). The molecule has 2 unspecified atom stereocenters. The van der Waals surface area contributed by atoms with E-state index in [0.717, 1.165) is 21.9 Å². The van der Waals surface area contributed by atoms with Crippen molar-refractivity contribution in [2.24, 2.45) is 0 Å². The van der Waals surface area contributed by atoms with Gasteiger partial charge in [-0.05, 0) is 81.5 Å². The monoisotopic (exact) mass is 658 g/mol. The quantitative estimate of drug-likeness (QED) is 0.225. The van der Waals surface area contributed by atoms with E-state index >= 15 is 0 Å². The average Bonchev–Trinajstić information content (AvgIpc) is 3.16. The number of hydrogen-bond donors (Lipinski definition) is 1. The van der Waals surface area contributed by atoms with Gasteiger partial charge in [0.1, 0.15) is 17.7 Å².